The lowest BCUT2D eigenvalue weighted by atomic mass is 9.90. The predicted octanol–water partition coefficient (Wildman–Crippen LogP) is 3.67. The van der Waals surface area contributed by atoms with Gasteiger partial charge in [0.25, 0.3) is 14.3 Å². The number of nitrogens with zero attached hydrogens (tertiary/aromatic N) is 6. The zero-order valence-corrected chi connectivity index (χ0v) is 66.4. The van der Waals surface area contributed by atoms with E-state index in [4.69, 9.17) is 15.3 Å². The zero-order chi connectivity index (χ0) is 82.0. The lowest BCUT2D eigenvalue weighted by Crippen LogP contribution is -2.57. The number of benzene rings is 1. The number of Topliss-reactive ketones (excluding diaryl/α,β-unsaturated/α-hetero) is 2. The summed E-state index contributed by atoms with van der Waals surface area (Å²) in [5, 5.41) is 85.8. The van der Waals surface area contributed by atoms with Crippen LogP contribution in [0.25, 0.3) is 0 Å². The molecule has 2 aromatic rings. The third kappa shape index (κ3) is 36.3. The molecule has 0 bridgehead atoms. The smallest absolute Gasteiger partial charge is 0.326 e. The van der Waals surface area contributed by atoms with Crippen molar-refractivity contribution in [3.05, 3.63) is 41.7 Å². The van der Waals surface area contributed by atoms with Gasteiger partial charge in [-0.05, 0) is 78.5 Å². The molecule has 0 saturated carbocycles. The second kappa shape index (κ2) is 46.1. The quantitative estimate of drug-likeness (QED) is 0.0194. The first kappa shape index (κ1) is 95.4. The van der Waals surface area contributed by atoms with Crippen molar-refractivity contribution in [1.29, 1.82) is 0 Å². The van der Waals surface area contributed by atoms with Crippen molar-refractivity contribution in [3.63, 3.8) is 0 Å². The molecular weight excluding hydrogens is 1510 g/mol. The molecule has 612 valence electrons. The highest BCUT2D eigenvalue weighted by Gasteiger charge is 2.56. The topological polar surface area (TPSA) is 556 Å². The maximum atomic E-state index is 17.2. The molecule has 5 amide bonds. The van der Waals surface area contributed by atoms with Gasteiger partial charge in [-0.2, -0.15) is 0 Å². The second-order valence-corrected chi connectivity index (χ2v) is 40.4. The molecule has 1 aliphatic rings. The molecule has 0 aliphatic carbocycles. The molecule has 3 rings (SSSR count). The van der Waals surface area contributed by atoms with Crippen molar-refractivity contribution in [3.8, 4) is 0 Å². The van der Waals surface area contributed by atoms with Crippen molar-refractivity contribution in [1.82, 2.24) is 56.3 Å². The highest BCUT2D eigenvalue weighted by Crippen LogP contribution is 2.51. The minimum atomic E-state index is -4.08. The lowest BCUT2D eigenvalue weighted by Gasteiger charge is -2.44. The van der Waals surface area contributed by atoms with E-state index in [1.807, 2.05) is 46.4 Å². The molecule has 0 radical (unpaired) electrons. The molecule has 1 aliphatic heterocycles. The molecule has 109 heavy (non-hydrogen) atoms. The van der Waals surface area contributed by atoms with Gasteiger partial charge in [0.2, 0.25) is 38.4 Å². The number of halogens is 1. The summed E-state index contributed by atoms with van der Waals surface area (Å²) in [6.45, 7) is 12.0. The van der Waals surface area contributed by atoms with Gasteiger partial charge in [-0.3, -0.25) is 81.4 Å². The van der Waals surface area contributed by atoms with E-state index in [0.717, 1.165) is 4.68 Å². The van der Waals surface area contributed by atoms with Gasteiger partial charge in [0.05, 0.1) is 43.6 Å². The standard InChI is InChI=1S/C68H109FN11O25P3Si/c1-67(2,3)109(69,68(4,5)6)51-19-14-45(15-20-51)61(92)72-40-54(80-41-48(75-76-80)39-71-56(84)25-35-107(102,103)43-78-30-28-77(42-106-34-24-59(88)89)29-31-79(33-32-78)44-108(104,105)36-26-60(90)91)62(93)74-53(66(100)101)13-9-10-27-70-55(83)22-18-49(81)11-7-8-12-52(65(98)99)73-57(85)21-16-46(63(94)95)37-50(82)38-47(64(96)97)17-23-58(86)87/h14-15,19-20,41,46-47,52-54,106H,7-13,16-18,21-40,42-44H2,1-6H3,(H,70,83)(H,71,84)(H,72,92)(H,73,85)(H,74,93)(H,86,87)(H,88,89)(H,90,91)(H,94,95)(H,96,97)(H,98,99)(H,100,101)(H,102,103)(H,104,105)/t46-,47-,52-,53+,54+/m1/s1. The number of carboxylic acid groups (broad SMARTS) is 7. The summed E-state index contributed by atoms with van der Waals surface area (Å²) in [4.78, 5) is 200. The van der Waals surface area contributed by atoms with Gasteiger partial charge in [-0.15, -0.1) is 13.7 Å². The summed E-state index contributed by atoms with van der Waals surface area (Å²) in [7, 11) is -11.5. The number of carbonyl (C=O) groups is 14. The second-order valence-electron chi connectivity index (χ2n) is 29.4. The van der Waals surface area contributed by atoms with E-state index in [9.17, 15) is 106 Å². The van der Waals surface area contributed by atoms with Crippen LogP contribution in [0.1, 0.15) is 179 Å². The number of hydrogen-bond donors (Lipinski definition) is 14. The first-order chi connectivity index (χ1) is 50.8. The molecular formula is C68H109FN11O25P3Si. The van der Waals surface area contributed by atoms with Crippen LogP contribution >= 0.6 is 23.3 Å². The highest BCUT2D eigenvalue weighted by molar-refractivity contribution is 7.58. The van der Waals surface area contributed by atoms with Crippen LogP contribution in [-0.4, -0.2) is 268 Å². The van der Waals surface area contributed by atoms with Crippen molar-refractivity contribution in [2.24, 2.45) is 11.8 Å². The Labute approximate surface area is 634 Å². The number of nitrogens with one attached hydrogen (secondary N) is 5. The summed E-state index contributed by atoms with van der Waals surface area (Å²) in [6.07, 6.45) is -3.46. The number of ketones is 2. The molecule has 1 fully saturated rings. The van der Waals surface area contributed by atoms with Crippen LogP contribution in [0, 0.1) is 11.8 Å². The Hall–Kier alpha value is -7.82. The minimum Gasteiger partial charge on any atom is -0.481 e. The van der Waals surface area contributed by atoms with Crippen LogP contribution < -0.4 is 31.8 Å². The molecule has 3 unspecified atom stereocenters. The number of hydrogen-bond acceptors (Lipinski definition) is 21. The normalized spacial score (nSPS) is 16.1. The van der Waals surface area contributed by atoms with Crippen molar-refractivity contribution in [2.75, 3.05) is 89.7 Å². The van der Waals surface area contributed by atoms with E-state index >= 15 is 4.11 Å². The number of carbonyl (C=O) groups excluding carboxylic acids is 7. The van der Waals surface area contributed by atoms with Gasteiger partial charge in [-0.1, -0.05) is 65.3 Å². The van der Waals surface area contributed by atoms with Crippen LogP contribution in [0.4, 0.5) is 4.11 Å². The van der Waals surface area contributed by atoms with E-state index in [1.54, 1.807) is 21.9 Å². The fourth-order valence-electron chi connectivity index (χ4n) is 12.4. The minimum absolute atomic E-state index is 0.0286. The summed E-state index contributed by atoms with van der Waals surface area (Å²) in [5.74, 6) is -16.7. The van der Waals surface area contributed by atoms with Gasteiger partial charge >= 0.3 is 41.8 Å². The molecule has 14 N–H and O–H groups in total. The van der Waals surface area contributed by atoms with Crippen LogP contribution in [0.15, 0.2) is 30.5 Å². The summed E-state index contributed by atoms with van der Waals surface area (Å²) in [6, 6.07) is 1.62. The Morgan fingerprint density at radius 1 is 0.541 bits per heavy atom. The Balaban J connectivity index is 1.62. The van der Waals surface area contributed by atoms with Crippen molar-refractivity contribution >= 4 is 120 Å². The maximum Gasteiger partial charge on any atom is 0.326 e. The Morgan fingerprint density at radius 2 is 1.04 bits per heavy atom. The van der Waals surface area contributed by atoms with Gasteiger partial charge in [0.1, 0.15) is 35.4 Å². The number of carboxylic acids is 7. The largest absolute Gasteiger partial charge is 0.481 e. The first-order valence-corrected chi connectivity index (χ1v) is 43.4. The molecule has 41 heteroatoms. The molecule has 1 aromatic carbocycles. The monoisotopic (exact) mass is 1620 g/mol. The van der Waals surface area contributed by atoms with Gasteiger partial charge < -0.3 is 76.2 Å². The first-order valence-electron chi connectivity index (χ1n) is 36.0. The summed E-state index contributed by atoms with van der Waals surface area (Å²) < 4.78 is 45.0. The fourth-order valence-corrected chi connectivity index (χ4v) is 21.4. The van der Waals surface area contributed by atoms with Crippen LogP contribution in [-0.2, 0) is 78.0 Å². The number of aliphatic carboxylic acids is 7. The average molecular weight is 1620 g/mol. The van der Waals surface area contributed by atoms with E-state index in [-0.39, 0.29) is 135 Å². The highest BCUT2D eigenvalue weighted by atomic mass is 31.2. The van der Waals surface area contributed by atoms with Gasteiger partial charge in [0, 0.05) is 134 Å². The maximum absolute atomic E-state index is 17.2. The third-order valence-corrected chi connectivity index (χ3v) is 28.4. The van der Waals surface area contributed by atoms with Crippen molar-refractivity contribution in [2.45, 2.75) is 192 Å². The molecule has 1 saturated heterocycles. The molecule has 1 aromatic heterocycles. The summed E-state index contributed by atoms with van der Waals surface area (Å²) in [5.41, 5.74) is 0.181. The number of amides is 5. The van der Waals surface area contributed by atoms with Crippen LogP contribution in [0.5, 0.6) is 0 Å². The van der Waals surface area contributed by atoms with E-state index in [1.165, 1.54) is 18.3 Å². The number of aromatic nitrogens is 3. The Kier molecular flexibility index (Phi) is 40.4. The zero-order valence-electron chi connectivity index (χ0n) is 62.6. The van der Waals surface area contributed by atoms with Crippen LogP contribution in [0.3, 0.4) is 0 Å². The fraction of sp³-hybridized carbons (Fsp3) is 0.676. The Bertz CT molecular complexity index is 3550. The molecule has 0 spiro atoms. The van der Waals surface area contributed by atoms with E-state index < -0.39 is 204 Å². The van der Waals surface area contributed by atoms with Crippen molar-refractivity contribution < 1.29 is 126 Å². The lowest BCUT2D eigenvalue weighted by molar-refractivity contribution is -0.146. The molecule has 8 atom stereocenters. The molecule has 2 heterocycles. The summed E-state index contributed by atoms with van der Waals surface area (Å²) >= 11 is 0. The predicted molar refractivity (Wildman–Crippen MR) is 398 cm³/mol. The van der Waals surface area contributed by atoms with E-state index in [0.29, 0.717) is 43.8 Å². The number of rotatable bonds is 52. The van der Waals surface area contributed by atoms with Gasteiger partial charge in [-0.25, -0.2) is 14.3 Å². The van der Waals surface area contributed by atoms with Crippen LogP contribution in [0.2, 0.25) is 10.1 Å². The van der Waals surface area contributed by atoms with E-state index in [2.05, 4.69) is 36.9 Å². The number of unbranched alkanes of at least 4 members (excludes halogenated alkanes) is 2. The Morgan fingerprint density at radius 3 is 1.55 bits per heavy atom. The molecule has 36 nitrogen and oxygen atoms in total. The third-order valence-electron chi connectivity index (χ3n) is 18.4. The average Bonchev–Trinajstić information content (AvgIpc) is 0.940. The SMILES string of the molecule is CC(C)(C)[Si](F)(c1ccc(C(=O)NC[C@@H](C(=O)N[C@@H](CCCCNC(=O)CCC(=O)CCCC[C@@H](NC(=O)CC[C@H](CC(=O)C[C@@H](CCC(=O)O)C(=O)O)C(=O)O)C(=O)O)C(=O)O)n2cc(CNC(=O)CCP(=O)(O)CN3CCN(CPCCC(=O)O)CCN(CP(=O)(O)CCC(=O)O)CC3)nn2)cc1)C(C)(C)C. The van der Waals surface area contributed by atoms with Gasteiger partial charge in [0.15, 0.2) is 0 Å².